The van der Waals surface area contributed by atoms with Crippen LogP contribution in [0.2, 0.25) is 5.02 Å². The third-order valence-corrected chi connectivity index (χ3v) is 2.62. The zero-order valence-electron chi connectivity index (χ0n) is 9.02. The number of aryl methyl sites for hydroxylation is 2. The molecule has 0 aliphatic carbocycles. The number of anilines is 1. The van der Waals surface area contributed by atoms with E-state index in [1.54, 1.807) is 0 Å². The Balaban J connectivity index is 2.79. The Hall–Kier alpha value is -0.690. The Labute approximate surface area is 91.3 Å². The van der Waals surface area contributed by atoms with Crippen LogP contribution in [0.15, 0.2) is 12.1 Å². The van der Waals surface area contributed by atoms with E-state index in [9.17, 15) is 0 Å². The number of hydrogen-bond acceptors (Lipinski definition) is 1. The standard InChI is InChI=1S/C12H17ClN/c1-8(2)4-5-10-6-9(3)12(14)11(13)7-10/h6-7H,4-5,14H2,1-3H3. The number of rotatable bonds is 3. The van der Waals surface area contributed by atoms with E-state index in [1.165, 1.54) is 11.5 Å². The molecule has 0 spiro atoms. The molecular formula is C12H17ClN. The van der Waals surface area contributed by atoms with Crippen molar-refractivity contribution >= 4 is 17.3 Å². The molecule has 77 valence electrons. The van der Waals surface area contributed by atoms with E-state index < -0.39 is 0 Å². The first-order valence-electron chi connectivity index (χ1n) is 4.84. The van der Waals surface area contributed by atoms with Crippen LogP contribution in [-0.4, -0.2) is 0 Å². The van der Waals surface area contributed by atoms with E-state index >= 15 is 0 Å². The predicted molar refractivity (Wildman–Crippen MR) is 63.5 cm³/mol. The van der Waals surface area contributed by atoms with Gasteiger partial charge in [0, 0.05) is 0 Å². The van der Waals surface area contributed by atoms with Crippen molar-refractivity contribution in [3.05, 3.63) is 34.2 Å². The summed E-state index contributed by atoms with van der Waals surface area (Å²) in [6.07, 6.45) is 2.16. The van der Waals surface area contributed by atoms with Crippen LogP contribution in [0.4, 0.5) is 5.69 Å². The fraction of sp³-hybridized carbons (Fsp3) is 0.417. The van der Waals surface area contributed by atoms with Gasteiger partial charge in [-0.05, 0) is 42.9 Å². The average Bonchev–Trinajstić information content (AvgIpc) is 2.10. The van der Waals surface area contributed by atoms with Crippen molar-refractivity contribution in [3.63, 3.8) is 0 Å². The maximum atomic E-state index is 6.00. The molecule has 2 heteroatoms. The molecule has 0 heterocycles. The van der Waals surface area contributed by atoms with E-state index in [-0.39, 0.29) is 0 Å². The fourth-order valence-corrected chi connectivity index (χ4v) is 1.65. The molecule has 14 heavy (non-hydrogen) atoms. The summed E-state index contributed by atoms with van der Waals surface area (Å²) in [4.78, 5) is 0. The first-order chi connectivity index (χ1) is 6.50. The molecule has 0 atom stereocenters. The molecule has 1 radical (unpaired) electrons. The summed E-state index contributed by atoms with van der Waals surface area (Å²) in [7, 11) is 0. The van der Waals surface area contributed by atoms with Crippen LogP contribution in [-0.2, 0) is 6.42 Å². The van der Waals surface area contributed by atoms with Crippen LogP contribution in [0.5, 0.6) is 0 Å². The van der Waals surface area contributed by atoms with Gasteiger partial charge >= 0.3 is 0 Å². The summed E-state index contributed by atoms with van der Waals surface area (Å²) < 4.78 is 0. The van der Waals surface area contributed by atoms with Crippen LogP contribution in [0.25, 0.3) is 0 Å². The van der Waals surface area contributed by atoms with Gasteiger partial charge in [0.1, 0.15) is 0 Å². The largest absolute Gasteiger partial charge is 0.397 e. The number of benzene rings is 1. The lowest BCUT2D eigenvalue weighted by molar-refractivity contribution is 0.831. The molecular weight excluding hydrogens is 194 g/mol. The molecule has 0 unspecified atom stereocenters. The van der Waals surface area contributed by atoms with Crippen molar-refractivity contribution in [2.45, 2.75) is 33.6 Å². The zero-order chi connectivity index (χ0) is 10.7. The Kier molecular flexibility index (Phi) is 3.82. The maximum absolute atomic E-state index is 6.00. The first kappa shape index (κ1) is 11.4. The number of hydrogen-bond donors (Lipinski definition) is 1. The van der Waals surface area contributed by atoms with Crippen LogP contribution >= 0.6 is 11.6 Å². The van der Waals surface area contributed by atoms with Gasteiger partial charge in [-0.25, -0.2) is 0 Å². The summed E-state index contributed by atoms with van der Waals surface area (Å²) in [6.45, 7) is 6.28. The lowest BCUT2D eigenvalue weighted by atomic mass is 10.0. The van der Waals surface area contributed by atoms with Crippen molar-refractivity contribution < 1.29 is 0 Å². The molecule has 2 N–H and O–H groups in total. The number of nitrogen functional groups attached to an aromatic ring is 1. The third-order valence-electron chi connectivity index (χ3n) is 2.31. The molecule has 0 saturated heterocycles. The Bertz CT molecular complexity index is 295. The normalized spacial score (nSPS) is 10.9. The van der Waals surface area contributed by atoms with Crippen molar-refractivity contribution in [2.24, 2.45) is 0 Å². The molecule has 0 amide bonds. The molecule has 0 saturated carbocycles. The maximum Gasteiger partial charge on any atom is 0.0640 e. The first-order valence-corrected chi connectivity index (χ1v) is 5.22. The van der Waals surface area contributed by atoms with E-state index in [0.717, 1.165) is 18.4 Å². The Morgan fingerprint density at radius 2 is 2.00 bits per heavy atom. The highest BCUT2D eigenvalue weighted by Gasteiger charge is 2.04. The van der Waals surface area contributed by atoms with Crippen LogP contribution in [0.1, 0.15) is 31.4 Å². The highest BCUT2D eigenvalue weighted by atomic mass is 35.5. The monoisotopic (exact) mass is 210 g/mol. The van der Waals surface area contributed by atoms with Gasteiger partial charge in [0.2, 0.25) is 0 Å². The van der Waals surface area contributed by atoms with Gasteiger partial charge in [-0.1, -0.05) is 31.5 Å². The minimum Gasteiger partial charge on any atom is -0.397 e. The second kappa shape index (κ2) is 4.70. The van der Waals surface area contributed by atoms with E-state index in [0.29, 0.717) is 10.7 Å². The average molecular weight is 211 g/mol. The summed E-state index contributed by atoms with van der Waals surface area (Å²) >= 11 is 6.00. The van der Waals surface area contributed by atoms with Gasteiger partial charge in [-0.2, -0.15) is 0 Å². The minimum atomic E-state index is 0.675. The minimum absolute atomic E-state index is 0.675. The van der Waals surface area contributed by atoms with E-state index in [1.807, 2.05) is 13.0 Å². The SMILES string of the molecule is C[C](C)CCc1cc(C)c(N)c(Cl)c1. The van der Waals surface area contributed by atoms with Gasteiger partial charge in [-0.15, -0.1) is 0 Å². The Morgan fingerprint density at radius 3 is 2.50 bits per heavy atom. The molecule has 1 nitrogen and oxygen atoms in total. The Morgan fingerprint density at radius 1 is 1.36 bits per heavy atom. The van der Waals surface area contributed by atoms with Gasteiger partial charge in [0.25, 0.3) is 0 Å². The van der Waals surface area contributed by atoms with Crippen molar-refractivity contribution in [1.82, 2.24) is 0 Å². The van der Waals surface area contributed by atoms with Crippen LogP contribution in [0, 0.1) is 12.8 Å². The molecule has 0 bridgehead atoms. The third kappa shape index (κ3) is 2.91. The smallest absolute Gasteiger partial charge is 0.0640 e. The molecule has 0 fully saturated rings. The quantitative estimate of drug-likeness (QED) is 0.756. The van der Waals surface area contributed by atoms with Crippen molar-refractivity contribution in [2.75, 3.05) is 5.73 Å². The second-order valence-electron chi connectivity index (χ2n) is 4.02. The number of halogens is 1. The lowest BCUT2D eigenvalue weighted by Crippen LogP contribution is -1.95. The van der Waals surface area contributed by atoms with E-state index in [2.05, 4.69) is 19.9 Å². The fourth-order valence-electron chi connectivity index (χ4n) is 1.37. The van der Waals surface area contributed by atoms with Gasteiger partial charge in [0.05, 0.1) is 10.7 Å². The summed E-state index contributed by atoms with van der Waals surface area (Å²) in [5.41, 5.74) is 8.81. The molecule has 1 rings (SSSR count). The predicted octanol–water partition coefficient (Wildman–Crippen LogP) is 3.78. The van der Waals surface area contributed by atoms with Crippen LogP contribution < -0.4 is 5.73 Å². The molecule has 0 aliphatic rings. The molecule has 1 aromatic rings. The summed E-state index contributed by atoms with van der Waals surface area (Å²) in [5, 5.41) is 0.675. The van der Waals surface area contributed by atoms with Gasteiger partial charge in [-0.3, -0.25) is 0 Å². The topological polar surface area (TPSA) is 26.0 Å². The van der Waals surface area contributed by atoms with Crippen LogP contribution in [0.3, 0.4) is 0 Å². The number of nitrogens with two attached hydrogens (primary N) is 1. The molecule has 1 aromatic carbocycles. The summed E-state index contributed by atoms with van der Waals surface area (Å²) in [6, 6.07) is 4.08. The zero-order valence-corrected chi connectivity index (χ0v) is 9.78. The summed E-state index contributed by atoms with van der Waals surface area (Å²) in [5.74, 6) is 1.44. The van der Waals surface area contributed by atoms with Gasteiger partial charge < -0.3 is 5.73 Å². The van der Waals surface area contributed by atoms with Crippen molar-refractivity contribution in [3.8, 4) is 0 Å². The highest BCUT2D eigenvalue weighted by Crippen LogP contribution is 2.25. The van der Waals surface area contributed by atoms with Crippen molar-refractivity contribution in [1.29, 1.82) is 0 Å². The lowest BCUT2D eigenvalue weighted by Gasteiger charge is -2.08. The second-order valence-corrected chi connectivity index (χ2v) is 4.42. The van der Waals surface area contributed by atoms with E-state index in [4.69, 9.17) is 17.3 Å². The van der Waals surface area contributed by atoms with Gasteiger partial charge in [0.15, 0.2) is 0 Å². The highest BCUT2D eigenvalue weighted by molar-refractivity contribution is 6.33. The molecule has 0 aromatic heterocycles. The molecule has 0 aliphatic heterocycles.